The molecule has 1 aromatic carbocycles. The molecule has 2 amide bonds. The third kappa shape index (κ3) is 2.03. The standard InChI is InChI=1S/C17H14N4O2/c1-10-4-2-3-5-11(10)6-7-21-16(22)13-8-18-15-12(9-19-20-15)14(13)17(21)23/h2-5,8-9H,6-7H2,1H3,(H,18,19,20). The number of fused-ring (bicyclic) bond motifs is 3. The van der Waals surface area contributed by atoms with Crippen LogP contribution in [0.3, 0.4) is 0 Å². The summed E-state index contributed by atoms with van der Waals surface area (Å²) in [6, 6.07) is 7.98. The highest BCUT2D eigenvalue weighted by molar-refractivity contribution is 6.25. The molecule has 0 aliphatic carbocycles. The lowest BCUT2D eigenvalue weighted by Gasteiger charge is -2.14. The molecule has 0 saturated carbocycles. The van der Waals surface area contributed by atoms with Gasteiger partial charge in [-0.25, -0.2) is 4.98 Å². The fraction of sp³-hybridized carbons (Fsp3) is 0.176. The van der Waals surface area contributed by atoms with Crippen LogP contribution in [0.15, 0.2) is 36.7 Å². The Balaban J connectivity index is 1.65. The summed E-state index contributed by atoms with van der Waals surface area (Å²) in [5.74, 6) is -0.554. The summed E-state index contributed by atoms with van der Waals surface area (Å²) in [4.78, 5) is 30.6. The highest BCUT2D eigenvalue weighted by Gasteiger charge is 2.37. The summed E-state index contributed by atoms with van der Waals surface area (Å²) in [7, 11) is 0. The number of aromatic amines is 1. The molecule has 0 spiro atoms. The van der Waals surface area contributed by atoms with Gasteiger partial charge in [0.25, 0.3) is 11.8 Å². The fourth-order valence-electron chi connectivity index (χ4n) is 2.99. The monoisotopic (exact) mass is 306 g/mol. The largest absolute Gasteiger partial charge is 0.274 e. The average Bonchev–Trinajstić information content (AvgIpc) is 3.11. The van der Waals surface area contributed by atoms with Crippen LogP contribution in [0.2, 0.25) is 0 Å². The van der Waals surface area contributed by atoms with Gasteiger partial charge in [-0.15, -0.1) is 0 Å². The quantitative estimate of drug-likeness (QED) is 0.752. The van der Waals surface area contributed by atoms with Crippen molar-refractivity contribution in [2.24, 2.45) is 0 Å². The fourth-order valence-corrected chi connectivity index (χ4v) is 2.99. The number of nitrogens with zero attached hydrogens (tertiary/aromatic N) is 3. The molecule has 0 radical (unpaired) electrons. The van der Waals surface area contributed by atoms with Gasteiger partial charge in [0, 0.05) is 12.7 Å². The van der Waals surface area contributed by atoms with Crippen LogP contribution in [0.25, 0.3) is 11.0 Å². The molecule has 114 valence electrons. The lowest BCUT2D eigenvalue weighted by atomic mass is 10.1. The van der Waals surface area contributed by atoms with Crippen LogP contribution in [0, 0.1) is 6.92 Å². The Hall–Kier alpha value is -3.02. The van der Waals surface area contributed by atoms with Gasteiger partial charge in [0.05, 0.1) is 22.7 Å². The molecule has 4 rings (SSSR count). The van der Waals surface area contributed by atoms with Crippen LogP contribution in [0.4, 0.5) is 0 Å². The van der Waals surface area contributed by atoms with E-state index in [1.54, 1.807) is 0 Å². The van der Waals surface area contributed by atoms with Crippen LogP contribution in [-0.2, 0) is 6.42 Å². The number of benzene rings is 1. The van der Waals surface area contributed by atoms with E-state index in [9.17, 15) is 9.59 Å². The molecule has 1 aliphatic heterocycles. The maximum Gasteiger partial charge on any atom is 0.263 e. The molecular formula is C17H14N4O2. The number of carbonyl (C=O) groups is 2. The first kappa shape index (κ1) is 13.6. The van der Waals surface area contributed by atoms with Crippen molar-refractivity contribution >= 4 is 22.8 Å². The van der Waals surface area contributed by atoms with Gasteiger partial charge < -0.3 is 0 Å². The SMILES string of the molecule is Cc1ccccc1CCN1C(=O)c2cnc3[nH]ncc3c2C1=O. The van der Waals surface area contributed by atoms with E-state index in [2.05, 4.69) is 15.2 Å². The summed E-state index contributed by atoms with van der Waals surface area (Å²) in [5.41, 5.74) is 3.57. The Kier molecular flexibility index (Phi) is 2.97. The molecule has 1 aliphatic rings. The first-order chi connectivity index (χ1) is 11.2. The molecule has 0 atom stereocenters. The smallest absolute Gasteiger partial charge is 0.263 e. The average molecular weight is 306 g/mol. The number of amides is 2. The molecule has 0 saturated heterocycles. The number of rotatable bonds is 3. The van der Waals surface area contributed by atoms with Crippen molar-refractivity contribution in [1.82, 2.24) is 20.1 Å². The van der Waals surface area contributed by atoms with Crippen LogP contribution in [-0.4, -0.2) is 38.4 Å². The van der Waals surface area contributed by atoms with Crippen molar-refractivity contribution in [2.75, 3.05) is 6.54 Å². The zero-order valence-corrected chi connectivity index (χ0v) is 12.5. The highest BCUT2D eigenvalue weighted by atomic mass is 16.2. The first-order valence-corrected chi connectivity index (χ1v) is 7.39. The number of nitrogens with one attached hydrogen (secondary N) is 1. The number of aryl methyl sites for hydroxylation is 1. The summed E-state index contributed by atoms with van der Waals surface area (Å²) in [6.45, 7) is 2.38. The second-order valence-electron chi connectivity index (χ2n) is 5.62. The number of aromatic nitrogens is 3. The molecule has 2 aromatic heterocycles. The number of H-pyrrole nitrogens is 1. The molecular weight excluding hydrogens is 292 g/mol. The van der Waals surface area contributed by atoms with Gasteiger partial charge in [0.2, 0.25) is 0 Å². The van der Waals surface area contributed by atoms with E-state index in [1.165, 1.54) is 17.3 Å². The van der Waals surface area contributed by atoms with E-state index in [4.69, 9.17) is 0 Å². The zero-order valence-electron chi connectivity index (χ0n) is 12.5. The van der Waals surface area contributed by atoms with Crippen molar-refractivity contribution in [2.45, 2.75) is 13.3 Å². The highest BCUT2D eigenvalue weighted by Crippen LogP contribution is 2.28. The molecule has 6 heteroatoms. The van der Waals surface area contributed by atoms with Crippen LogP contribution >= 0.6 is 0 Å². The van der Waals surface area contributed by atoms with Crippen molar-refractivity contribution < 1.29 is 9.59 Å². The molecule has 6 nitrogen and oxygen atoms in total. The van der Waals surface area contributed by atoms with Gasteiger partial charge in [-0.3, -0.25) is 19.6 Å². The Morgan fingerprint density at radius 1 is 1.13 bits per heavy atom. The van der Waals surface area contributed by atoms with Crippen molar-refractivity contribution in [3.63, 3.8) is 0 Å². The summed E-state index contributed by atoms with van der Waals surface area (Å²) < 4.78 is 0. The van der Waals surface area contributed by atoms with Gasteiger partial charge >= 0.3 is 0 Å². The lowest BCUT2D eigenvalue weighted by Crippen LogP contribution is -2.31. The maximum absolute atomic E-state index is 12.7. The van der Waals surface area contributed by atoms with E-state index < -0.39 is 0 Å². The van der Waals surface area contributed by atoms with Gasteiger partial charge in [0.15, 0.2) is 5.65 Å². The Morgan fingerprint density at radius 3 is 2.78 bits per heavy atom. The number of hydrogen-bond acceptors (Lipinski definition) is 4. The maximum atomic E-state index is 12.7. The molecule has 3 heterocycles. The molecule has 3 aromatic rings. The Bertz CT molecular complexity index is 945. The van der Waals surface area contributed by atoms with Gasteiger partial charge in [-0.05, 0) is 24.5 Å². The van der Waals surface area contributed by atoms with Crippen molar-refractivity contribution in [1.29, 1.82) is 0 Å². The number of imide groups is 1. The number of pyridine rings is 1. The van der Waals surface area contributed by atoms with Crippen LogP contribution in [0.1, 0.15) is 31.8 Å². The second-order valence-corrected chi connectivity index (χ2v) is 5.62. The minimum Gasteiger partial charge on any atom is -0.274 e. The predicted octanol–water partition coefficient (Wildman–Crippen LogP) is 2.11. The third-order valence-corrected chi connectivity index (χ3v) is 4.28. The lowest BCUT2D eigenvalue weighted by molar-refractivity contribution is 0.0656. The number of hydrogen-bond donors (Lipinski definition) is 1. The van der Waals surface area contributed by atoms with E-state index in [0.717, 1.165) is 11.1 Å². The summed E-state index contributed by atoms with van der Waals surface area (Å²) >= 11 is 0. The van der Waals surface area contributed by atoms with E-state index in [0.29, 0.717) is 35.1 Å². The summed E-state index contributed by atoms with van der Waals surface area (Å²) in [5, 5.41) is 7.22. The molecule has 0 fully saturated rings. The van der Waals surface area contributed by atoms with Gasteiger partial charge in [-0.1, -0.05) is 24.3 Å². The molecule has 0 unspecified atom stereocenters. The topological polar surface area (TPSA) is 79.0 Å². The molecule has 0 bridgehead atoms. The van der Waals surface area contributed by atoms with Gasteiger partial charge in [-0.2, -0.15) is 5.10 Å². The molecule has 1 N–H and O–H groups in total. The van der Waals surface area contributed by atoms with Gasteiger partial charge in [0.1, 0.15) is 0 Å². The van der Waals surface area contributed by atoms with Crippen molar-refractivity contribution in [3.8, 4) is 0 Å². The van der Waals surface area contributed by atoms with E-state index in [-0.39, 0.29) is 11.8 Å². The zero-order chi connectivity index (χ0) is 16.0. The Morgan fingerprint density at radius 2 is 1.96 bits per heavy atom. The first-order valence-electron chi connectivity index (χ1n) is 7.39. The Labute approximate surface area is 132 Å². The minimum atomic E-state index is -0.283. The normalized spacial score (nSPS) is 13.9. The predicted molar refractivity (Wildman–Crippen MR) is 84.1 cm³/mol. The van der Waals surface area contributed by atoms with E-state index in [1.807, 2.05) is 31.2 Å². The third-order valence-electron chi connectivity index (χ3n) is 4.28. The summed E-state index contributed by atoms with van der Waals surface area (Å²) in [6.07, 6.45) is 3.63. The van der Waals surface area contributed by atoms with E-state index >= 15 is 0 Å². The van der Waals surface area contributed by atoms with Crippen LogP contribution < -0.4 is 0 Å². The van der Waals surface area contributed by atoms with Crippen LogP contribution in [0.5, 0.6) is 0 Å². The minimum absolute atomic E-state index is 0.271. The number of carbonyl (C=O) groups excluding carboxylic acids is 2. The van der Waals surface area contributed by atoms with Crippen molar-refractivity contribution in [3.05, 3.63) is 58.9 Å². The second kappa shape index (κ2) is 5.01. The molecule has 23 heavy (non-hydrogen) atoms.